The van der Waals surface area contributed by atoms with Crippen LogP contribution in [0.15, 0.2) is 64.4 Å². The van der Waals surface area contributed by atoms with Crippen molar-refractivity contribution in [3.05, 3.63) is 70.6 Å². The minimum absolute atomic E-state index is 0.263. The molecule has 1 unspecified atom stereocenters. The van der Waals surface area contributed by atoms with Crippen LogP contribution in [0.1, 0.15) is 12.0 Å². The Balaban J connectivity index is 1.55. The molecule has 206 valence electrons. The van der Waals surface area contributed by atoms with E-state index in [1.165, 1.54) is 0 Å². The predicted molar refractivity (Wildman–Crippen MR) is 150 cm³/mol. The highest BCUT2D eigenvalue weighted by molar-refractivity contribution is 7.96. The van der Waals surface area contributed by atoms with Crippen LogP contribution in [-0.4, -0.2) is 56.6 Å². The zero-order chi connectivity index (χ0) is 27.9. The maximum atomic E-state index is 13.7. The molecule has 2 aromatic carbocycles. The number of benzene rings is 2. The van der Waals surface area contributed by atoms with Crippen LogP contribution in [0.2, 0.25) is 0 Å². The number of fused-ring (bicyclic) bond motifs is 1. The average Bonchev–Trinajstić information content (AvgIpc) is 2.97. The van der Waals surface area contributed by atoms with Crippen LogP contribution >= 0.6 is 0 Å². The number of rotatable bonds is 12. The van der Waals surface area contributed by atoms with Crippen molar-refractivity contribution in [2.24, 2.45) is 0 Å². The quantitative estimate of drug-likeness (QED) is 0.194. The van der Waals surface area contributed by atoms with Gasteiger partial charge in [-0.25, -0.2) is 4.98 Å². The Hall–Kier alpha value is -4.05. The van der Waals surface area contributed by atoms with Crippen molar-refractivity contribution in [2.75, 3.05) is 47.1 Å². The average molecular weight is 553 g/mol. The number of nitrogens with zero attached hydrogens (tertiary/aromatic N) is 2. The van der Waals surface area contributed by atoms with E-state index in [-0.39, 0.29) is 22.7 Å². The summed E-state index contributed by atoms with van der Waals surface area (Å²) in [5.41, 5.74) is 0.940. The highest BCUT2D eigenvalue weighted by Gasteiger charge is 2.25. The Labute approximate surface area is 230 Å². The molecule has 0 saturated carbocycles. The summed E-state index contributed by atoms with van der Waals surface area (Å²) >= 11 is 0. The third-order valence-corrected chi connectivity index (χ3v) is 8.22. The molecule has 2 aromatic heterocycles. The zero-order valence-electron chi connectivity index (χ0n) is 22.7. The molecule has 0 saturated heterocycles. The molecule has 0 aliphatic heterocycles. The zero-order valence-corrected chi connectivity index (χ0v) is 23.5. The standard InChI is InChI=1S/C29H32N2O7S/c1-34-20-10-6-9-19(15-20)18-31-28-22(11-7-12-30-28)25(32)27(29(31)33)39(5)14-8-13-38-21-16-23(35-2)26(37-4)24(17-21)36-3/h6-7,9-12,15-17H,8,13-14,18H2,1-5H3. The van der Waals surface area contributed by atoms with Crippen LogP contribution in [-0.2, 0) is 17.4 Å². The Morgan fingerprint density at radius 3 is 2.33 bits per heavy atom. The summed E-state index contributed by atoms with van der Waals surface area (Å²) in [6, 6.07) is 14.4. The minimum Gasteiger partial charge on any atom is -0.868 e. The summed E-state index contributed by atoms with van der Waals surface area (Å²) in [5.74, 6) is 3.10. The molecule has 0 aliphatic carbocycles. The van der Waals surface area contributed by atoms with E-state index >= 15 is 0 Å². The number of methoxy groups -OCH3 is 4. The van der Waals surface area contributed by atoms with E-state index < -0.39 is 10.9 Å². The van der Waals surface area contributed by atoms with E-state index in [1.807, 2.05) is 30.5 Å². The van der Waals surface area contributed by atoms with Gasteiger partial charge < -0.3 is 28.8 Å². The van der Waals surface area contributed by atoms with Crippen LogP contribution in [0.25, 0.3) is 11.0 Å². The molecule has 0 aliphatic rings. The first-order valence-electron chi connectivity index (χ1n) is 12.3. The second-order valence-electron chi connectivity index (χ2n) is 8.68. The van der Waals surface area contributed by atoms with Crippen molar-refractivity contribution < 1.29 is 28.8 Å². The van der Waals surface area contributed by atoms with Gasteiger partial charge in [0.1, 0.15) is 29.2 Å². The van der Waals surface area contributed by atoms with Crippen LogP contribution < -0.4 is 34.4 Å². The van der Waals surface area contributed by atoms with Gasteiger partial charge in [0.05, 0.1) is 41.6 Å². The van der Waals surface area contributed by atoms with Crippen molar-refractivity contribution in [1.82, 2.24) is 9.55 Å². The fraction of sp³-hybridized carbons (Fsp3) is 0.310. The largest absolute Gasteiger partial charge is 0.868 e. The summed E-state index contributed by atoms with van der Waals surface area (Å²) in [7, 11) is 5.62. The van der Waals surface area contributed by atoms with Gasteiger partial charge in [-0.05, 0) is 29.5 Å². The lowest BCUT2D eigenvalue weighted by atomic mass is 10.2. The van der Waals surface area contributed by atoms with Crippen molar-refractivity contribution in [3.8, 4) is 34.5 Å². The van der Waals surface area contributed by atoms with Gasteiger partial charge in [-0.3, -0.25) is 9.36 Å². The minimum atomic E-state index is -0.610. The van der Waals surface area contributed by atoms with Crippen LogP contribution in [0.3, 0.4) is 0 Å². The SMILES string of the molecule is COc1cccc(Cn2c(=O)c([S+](C)CCCOc3cc(OC)c(OC)c(OC)c3)c([O-])c3cccnc32)c1. The maximum absolute atomic E-state index is 13.7. The topological polar surface area (TPSA) is 104 Å². The fourth-order valence-corrected chi connectivity index (χ4v) is 5.93. The molecule has 4 aromatic rings. The van der Waals surface area contributed by atoms with Gasteiger partial charge in [0, 0.05) is 41.0 Å². The molecule has 4 rings (SSSR count). The lowest BCUT2D eigenvalue weighted by Gasteiger charge is -2.19. The molecular formula is C29H32N2O7S. The molecule has 9 nitrogen and oxygen atoms in total. The van der Waals surface area contributed by atoms with Gasteiger partial charge in [-0.1, -0.05) is 18.2 Å². The second-order valence-corrected chi connectivity index (χ2v) is 10.8. The number of ether oxygens (including phenoxy) is 5. The van der Waals surface area contributed by atoms with E-state index in [9.17, 15) is 9.90 Å². The summed E-state index contributed by atoms with van der Waals surface area (Å²) in [6.07, 6.45) is 4.15. The van der Waals surface area contributed by atoms with E-state index in [2.05, 4.69) is 4.98 Å². The van der Waals surface area contributed by atoms with Crippen molar-refractivity contribution >= 4 is 21.9 Å². The van der Waals surface area contributed by atoms with Crippen LogP contribution in [0.4, 0.5) is 0 Å². The first-order chi connectivity index (χ1) is 18.9. The van der Waals surface area contributed by atoms with Gasteiger partial charge >= 0.3 is 5.56 Å². The fourth-order valence-electron chi connectivity index (χ4n) is 4.34. The highest BCUT2D eigenvalue weighted by atomic mass is 32.2. The molecule has 0 fully saturated rings. The number of pyridine rings is 2. The third kappa shape index (κ3) is 6.01. The maximum Gasteiger partial charge on any atom is 0.307 e. The van der Waals surface area contributed by atoms with Gasteiger partial charge in [0.25, 0.3) is 0 Å². The molecule has 0 spiro atoms. The monoisotopic (exact) mass is 552 g/mol. The summed E-state index contributed by atoms with van der Waals surface area (Å²) in [6.45, 7) is 0.662. The molecule has 2 heterocycles. The van der Waals surface area contributed by atoms with E-state index in [0.717, 1.165) is 5.56 Å². The van der Waals surface area contributed by atoms with Crippen molar-refractivity contribution in [3.63, 3.8) is 0 Å². The van der Waals surface area contributed by atoms with Crippen molar-refractivity contribution in [1.29, 1.82) is 0 Å². The number of aromatic nitrogens is 2. The predicted octanol–water partition coefficient (Wildman–Crippen LogP) is 3.63. The molecule has 39 heavy (non-hydrogen) atoms. The molecule has 0 bridgehead atoms. The normalized spacial score (nSPS) is 11.7. The van der Waals surface area contributed by atoms with E-state index in [1.54, 1.807) is 63.5 Å². The van der Waals surface area contributed by atoms with Gasteiger partial charge in [-0.15, -0.1) is 0 Å². The molecule has 1 atom stereocenters. The molecular weight excluding hydrogens is 520 g/mol. The second kappa shape index (κ2) is 12.7. The molecule has 10 heteroatoms. The summed E-state index contributed by atoms with van der Waals surface area (Å²) in [5, 5.41) is 13.8. The molecule has 0 radical (unpaired) electrons. The summed E-state index contributed by atoms with van der Waals surface area (Å²) < 4.78 is 29.0. The van der Waals surface area contributed by atoms with Crippen LogP contribution in [0, 0.1) is 0 Å². The third-order valence-electron chi connectivity index (χ3n) is 6.26. The Morgan fingerprint density at radius 2 is 1.67 bits per heavy atom. The highest BCUT2D eigenvalue weighted by Crippen LogP contribution is 2.40. The summed E-state index contributed by atoms with van der Waals surface area (Å²) in [4.78, 5) is 18.3. The van der Waals surface area contributed by atoms with Gasteiger partial charge in [-0.2, -0.15) is 0 Å². The van der Waals surface area contributed by atoms with E-state index in [4.69, 9.17) is 23.7 Å². The number of hydrogen-bond donors (Lipinski definition) is 0. The smallest absolute Gasteiger partial charge is 0.307 e. The Kier molecular flexibility index (Phi) is 9.08. The first-order valence-corrected chi connectivity index (χ1v) is 14.1. The Bertz CT molecular complexity index is 1480. The molecule has 0 N–H and O–H groups in total. The van der Waals surface area contributed by atoms with Gasteiger partial charge in [0.15, 0.2) is 11.5 Å². The first kappa shape index (κ1) is 28.0. The number of hydrogen-bond acceptors (Lipinski definition) is 8. The van der Waals surface area contributed by atoms with E-state index in [0.29, 0.717) is 58.6 Å². The van der Waals surface area contributed by atoms with Crippen molar-refractivity contribution in [2.45, 2.75) is 17.9 Å². The lowest BCUT2D eigenvalue weighted by Crippen LogP contribution is -2.30. The molecule has 0 amide bonds. The van der Waals surface area contributed by atoms with Gasteiger partial charge in [0.2, 0.25) is 10.6 Å². The lowest BCUT2D eigenvalue weighted by molar-refractivity contribution is -0.270. The Morgan fingerprint density at radius 1 is 0.923 bits per heavy atom. The van der Waals surface area contributed by atoms with Crippen LogP contribution in [0.5, 0.6) is 34.5 Å².